The third-order valence-electron chi connectivity index (χ3n) is 3.03. The van der Waals surface area contributed by atoms with Crippen molar-refractivity contribution in [2.75, 3.05) is 14.2 Å². The maximum atomic E-state index is 14.3. The molecule has 0 heterocycles. The van der Waals surface area contributed by atoms with E-state index in [9.17, 15) is 4.39 Å². The molecule has 0 spiro atoms. The second kappa shape index (κ2) is 6.86. The highest BCUT2D eigenvalue weighted by atomic mass is 79.9. The summed E-state index contributed by atoms with van der Waals surface area (Å²) < 4.78 is 24.6. The minimum atomic E-state index is -0.455. The Hall–Kier alpha value is -0.970. The highest BCUT2D eigenvalue weighted by molar-refractivity contribution is 9.09. The number of benzene rings is 2. The number of hydrogen-bond acceptors (Lipinski definition) is 2. The molecule has 112 valence electrons. The molecule has 0 radical (unpaired) electrons. The van der Waals surface area contributed by atoms with Crippen molar-refractivity contribution in [1.82, 2.24) is 0 Å². The monoisotopic (exact) mass is 392 g/mol. The van der Waals surface area contributed by atoms with E-state index in [1.807, 2.05) is 0 Å². The van der Waals surface area contributed by atoms with Crippen molar-refractivity contribution >= 4 is 39.1 Å². The predicted octanol–water partition coefficient (Wildman–Crippen LogP) is 5.63. The van der Waals surface area contributed by atoms with Crippen LogP contribution in [0.2, 0.25) is 10.0 Å². The van der Waals surface area contributed by atoms with Gasteiger partial charge in [0.25, 0.3) is 0 Å². The lowest BCUT2D eigenvalue weighted by Gasteiger charge is -2.16. The van der Waals surface area contributed by atoms with Crippen LogP contribution in [0, 0.1) is 5.82 Å². The van der Waals surface area contributed by atoms with Crippen LogP contribution in [-0.4, -0.2) is 14.2 Å². The van der Waals surface area contributed by atoms with Crippen LogP contribution in [0.25, 0.3) is 0 Å². The van der Waals surface area contributed by atoms with E-state index in [2.05, 4.69) is 15.9 Å². The number of rotatable bonds is 4. The largest absolute Gasteiger partial charge is 0.493 e. The van der Waals surface area contributed by atoms with Gasteiger partial charge in [0.05, 0.1) is 29.1 Å². The van der Waals surface area contributed by atoms with Crippen LogP contribution in [0.3, 0.4) is 0 Å². The molecular weight excluding hydrogens is 382 g/mol. The summed E-state index contributed by atoms with van der Waals surface area (Å²) in [6, 6.07) is 8.07. The zero-order chi connectivity index (χ0) is 15.6. The molecule has 0 saturated heterocycles. The number of alkyl halides is 1. The van der Waals surface area contributed by atoms with Crippen LogP contribution >= 0.6 is 39.1 Å². The first kappa shape index (κ1) is 16.4. The molecule has 2 nitrogen and oxygen atoms in total. The highest BCUT2D eigenvalue weighted by Crippen LogP contribution is 2.42. The van der Waals surface area contributed by atoms with Gasteiger partial charge in [-0.15, -0.1) is 0 Å². The van der Waals surface area contributed by atoms with Crippen LogP contribution in [0.1, 0.15) is 16.0 Å². The Balaban J connectivity index is 2.53. The second-order valence-corrected chi connectivity index (χ2v) is 5.94. The number of ether oxygens (including phenoxy) is 2. The second-order valence-electron chi connectivity index (χ2n) is 4.23. The smallest absolute Gasteiger partial charge is 0.163 e. The Kier molecular flexibility index (Phi) is 5.36. The van der Waals surface area contributed by atoms with E-state index in [0.29, 0.717) is 32.7 Å². The van der Waals surface area contributed by atoms with Gasteiger partial charge in [-0.05, 0) is 17.7 Å². The third-order valence-corrected chi connectivity index (χ3v) is 4.85. The zero-order valence-corrected chi connectivity index (χ0v) is 14.4. The van der Waals surface area contributed by atoms with Gasteiger partial charge in [0.15, 0.2) is 11.5 Å². The molecule has 0 aromatic heterocycles. The Morgan fingerprint density at radius 3 is 2.29 bits per heavy atom. The van der Waals surface area contributed by atoms with Gasteiger partial charge in [-0.25, -0.2) is 4.39 Å². The van der Waals surface area contributed by atoms with E-state index >= 15 is 0 Å². The SMILES string of the molecule is COc1cc(F)c(C(Br)c2cccc(Cl)c2Cl)cc1OC. The molecule has 21 heavy (non-hydrogen) atoms. The first-order valence-electron chi connectivity index (χ1n) is 5.99. The van der Waals surface area contributed by atoms with Crippen LogP contribution < -0.4 is 9.47 Å². The molecular formula is C15H12BrCl2FO2. The molecule has 2 aromatic carbocycles. The van der Waals surface area contributed by atoms with E-state index in [4.69, 9.17) is 32.7 Å². The van der Waals surface area contributed by atoms with Crippen molar-refractivity contribution < 1.29 is 13.9 Å². The summed E-state index contributed by atoms with van der Waals surface area (Å²) in [6.07, 6.45) is 0. The minimum Gasteiger partial charge on any atom is -0.493 e. The summed E-state index contributed by atoms with van der Waals surface area (Å²) in [5.41, 5.74) is 1.06. The van der Waals surface area contributed by atoms with Gasteiger partial charge in [-0.2, -0.15) is 0 Å². The van der Waals surface area contributed by atoms with E-state index < -0.39 is 10.6 Å². The molecule has 0 bridgehead atoms. The molecule has 2 rings (SSSR count). The Morgan fingerprint density at radius 2 is 1.67 bits per heavy atom. The quantitative estimate of drug-likeness (QED) is 0.626. The normalized spacial score (nSPS) is 12.1. The molecule has 0 fully saturated rings. The van der Waals surface area contributed by atoms with E-state index in [0.717, 1.165) is 0 Å². The summed E-state index contributed by atoms with van der Waals surface area (Å²) in [7, 11) is 2.95. The maximum absolute atomic E-state index is 14.3. The number of hydrogen-bond donors (Lipinski definition) is 0. The Morgan fingerprint density at radius 1 is 1.05 bits per heavy atom. The molecule has 0 aliphatic carbocycles. The lowest BCUT2D eigenvalue weighted by atomic mass is 10.0. The molecule has 0 amide bonds. The fraction of sp³-hybridized carbons (Fsp3) is 0.200. The predicted molar refractivity (Wildman–Crippen MR) is 86.7 cm³/mol. The molecule has 6 heteroatoms. The lowest BCUT2D eigenvalue weighted by molar-refractivity contribution is 0.351. The molecule has 0 saturated carbocycles. The molecule has 0 aliphatic rings. The van der Waals surface area contributed by atoms with Gasteiger partial charge < -0.3 is 9.47 Å². The van der Waals surface area contributed by atoms with E-state index in [1.54, 1.807) is 24.3 Å². The van der Waals surface area contributed by atoms with Crippen molar-refractivity contribution in [3.05, 3.63) is 57.3 Å². The highest BCUT2D eigenvalue weighted by Gasteiger charge is 2.21. The van der Waals surface area contributed by atoms with Crippen LogP contribution in [-0.2, 0) is 0 Å². The van der Waals surface area contributed by atoms with Crippen molar-refractivity contribution in [3.63, 3.8) is 0 Å². The van der Waals surface area contributed by atoms with E-state index in [-0.39, 0.29) is 0 Å². The van der Waals surface area contributed by atoms with Crippen molar-refractivity contribution in [3.8, 4) is 11.5 Å². The topological polar surface area (TPSA) is 18.5 Å². The fourth-order valence-electron chi connectivity index (χ4n) is 1.95. The molecule has 1 atom stereocenters. The first-order chi connectivity index (χ1) is 9.99. The standard InChI is InChI=1S/C15H12BrCl2FO2/c1-20-12-6-9(11(19)7-13(12)21-2)14(16)8-4-3-5-10(17)15(8)18/h3-7,14H,1-2H3. The number of halogens is 4. The van der Waals surface area contributed by atoms with Gasteiger partial charge in [-0.1, -0.05) is 51.3 Å². The van der Waals surface area contributed by atoms with Gasteiger partial charge >= 0.3 is 0 Å². The average molecular weight is 394 g/mol. The van der Waals surface area contributed by atoms with E-state index in [1.165, 1.54) is 20.3 Å². The van der Waals surface area contributed by atoms with Crippen LogP contribution in [0.5, 0.6) is 11.5 Å². The first-order valence-corrected chi connectivity index (χ1v) is 7.66. The van der Waals surface area contributed by atoms with Crippen LogP contribution in [0.4, 0.5) is 4.39 Å². The summed E-state index contributed by atoms with van der Waals surface area (Å²) in [6.45, 7) is 0. The van der Waals surface area contributed by atoms with Gasteiger partial charge in [0, 0.05) is 11.6 Å². The molecule has 0 N–H and O–H groups in total. The molecule has 2 aromatic rings. The average Bonchev–Trinajstić information content (AvgIpc) is 2.49. The summed E-state index contributed by atoms with van der Waals surface area (Å²) in [5, 5.41) is 0.801. The van der Waals surface area contributed by atoms with Gasteiger partial charge in [0.1, 0.15) is 5.82 Å². The Labute approximate surface area is 140 Å². The third kappa shape index (κ3) is 3.28. The maximum Gasteiger partial charge on any atom is 0.163 e. The minimum absolute atomic E-state index is 0.329. The van der Waals surface area contributed by atoms with Crippen LogP contribution in [0.15, 0.2) is 30.3 Å². The fourth-order valence-corrected chi connectivity index (χ4v) is 3.23. The van der Waals surface area contributed by atoms with Gasteiger partial charge in [-0.3, -0.25) is 0 Å². The number of methoxy groups -OCH3 is 2. The summed E-state index contributed by atoms with van der Waals surface area (Å²) in [5.74, 6) is 0.345. The molecule has 0 aliphatic heterocycles. The Bertz CT molecular complexity index is 664. The van der Waals surface area contributed by atoms with Crippen molar-refractivity contribution in [2.45, 2.75) is 4.83 Å². The zero-order valence-electron chi connectivity index (χ0n) is 11.3. The lowest BCUT2D eigenvalue weighted by Crippen LogP contribution is -2.01. The summed E-state index contributed by atoms with van der Waals surface area (Å²) in [4.78, 5) is -0.455. The summed E-state index contributed by atoms with van der Waals surface area (Å²) >= 11 is 15.6. The van der Waals surface area contributed by atoms with Crippen molar-refractivity contribution in [2.24, 2.45) is 0 Å². The molecule has 1 unspecified atom stereocenters. The van der Waals surface area contributed by atoms with Gasteiger partial charge in [0.2, 0.25) is 0 Å². The van der Waals surface area contributed by atoms with Crippen molar-refractivity contribution in [1.29, 1.82) is 0 Å².